The van der Waals surface area contributed by atoms with Crippen LogP contribution in [-0.2, 0) is 0 Å². The quantitative estimate of drug-likeness (QED) is 0.668. The van der Waals surface area contributed by atoms with Crippen LogP contribution in [0.25, 0.3) is 11.4 Å². The molecule has 6 nitrogen and oxygen atoms in total. The molecule has 0 saturated carbocycles. The lowest BCUT2D eigenvalue weighted by atomic mass is 10.0. The summed E-state index contributed by atoms with van der Waals surface area (Å²) in [5, 5.41) is 6.57. The Morgan fingerprint density at radius 2 is 2.07 bits per heavy atom. The van der Waals surface area contributed by atoms with Gasteiger partial charge in [0.15, 0.2) is 0 Å². The Morgan fingerprint density at radius 3 is 2.86 bits per heavy atom. The third-order valence-electron chi connectivity index (χ3n) is 4.94. The SMILES string of the molecule is Cc1cccc(-c2noc(C3CCCCN3C(=O)Nc3ccc(F)cc3F)n2)c1. The second-order valence-electron chi connectivity index (χ2n) is 7.08. The van der Waals surface area contributed by atoms with Gasteiger partial charge in [0, 0.05) is 18.2 Å². The summed E-state index contributed by atoms with van der Waals surface area (Å²) in [6.45, 7) is 2.45. The summed E-state index contributed by atoms with van der Waals surface area (Å²) in [5.41, 5.74) is 1.83. The van der Waals surface area contributed by atoms with Crippen molar-refractivity contribution in [1.29, 1.82) is 0 Å². The molecule has 2 aromatic carbocycles. The summed E-state index contributed by atoms with van der Waals surface area (Å²) in [7, 11) is 0. The highest BCUT2D eigenvalue weighted by Gasteiger charge is 2.32. The van der Waals surface area contributed by atoms with Gasteiger partial charge in [-0.15, -0.1) is 0 Å². The molecule has 0 spiro atoms. The Hall–Kier alpha value is -3.29. The number of likely N-dealkylation sites (tertiary alicyclic amines) is 1. The predicted molar refractivity (Wildman–Crippen MR) is 103 cm³/mol. The summed E-state index contributed by atoms with van der Waals surface area (Å²) in [5.74, 6) is -0.729. The van der Waals surface area contributed by atoms with Gasteiger partial charge >= 0.3 is 6.03 Å². The molecule has 1 saturated heterocycles. The Morgan fingerprint density at radius 1 is 1.21 bits per heavy atom. The summed E-state index contributed by atoms with van der Waals surface area (Å²) < 4.78 is 32.5. The Labute approximate surface area is 166 Å². The molecule has 1 aromatic heterocycles. The monoisotopic (exact) mass is 398 g/mol. The van der Waals surface area contributed by atoms with Gasteiger partial charge in [0.25, 0.3) is 0 Å². The number of carbonyl (C=O) groups is 1. The molecule has 29 heavy (non-hydrogen) atoms. The Kier molecular flexibility index (Phi) is 5.24. The fourth-order valence-electron chi connectivity index (χ4n) is 3.48. The van der Waals surface area contributed by atoms with Gasteiger partial charge < -0.3 is 14.7 Å². The smallest absolute Gasteiger partial charge is 0.322 e. The van der Waals surface area contributed by atoms with E-state index in [1.807, 2.05) is 31.2 Å². The van der Waals surface area contributed by atoms with E-state index in [0.29, 0.717) is 24.7 Å². The van der Waals surface area contributed by atoms with Gasteiger partial charge in [-0.3, -0.25) is 0 Å². The summed E-state index contributed by atoms with van der Waals surface area (Å²) >= 11 is 0. The summed E-state index contributed by atoms with van der Waals surface area (Å²) in [6, 6.07) is 9.87. The molecule has 0 aliphatic carbocycles. The van der Waals surface area contributed by atoms with E-state index >= 15 is 0 Å². The molecule has 1 atom stereocenters. The first kappa shape index (κ1) is 19.0. The van der Waals surface area contributed by atoms with Crippen molar-refractivity contribution >= 4 is 11.7 Å². The molecular formula is C21H20F2N4O2. The fraction of sp³-hybridized carbons (Fsp3) is 0.286. The number of halogens is 2. The number of carbonyl (C=O) groups excluding carboxylic acids is 1. The molecule has 1 aliphatic rings. The molecule has 8 heteroatoms. The number of benzene rings is 2. The van der Waals surface area contributed by atoms with E-state index in [1.165, 1.54) is 6.07 Å². The third kappa shape index (κ3) is 4.11. The van der Waals surface area contributed by atoms with Crippen LogP contribution in [0.4, 0.5) is 19.3 Å². The molecule has 3 aromatic rings. The second-order valence-corrected chi connectivity index (χ2v) is 7.08. The van der Waals surface area contributed by atoms with Gasteiger partial charge in [0.1, 0.15) is 17.7 Å². The van der Waals surface area contributed by atoms with Gasteiger partial charge in [-0.05, 0) is 44.4 Å². The Bertz CT molecular complexity index is 1040. The van der Waals surface area contributed by atoms with Crippen molar-refractivity contribution in [2.45, 2.75) is 32.2 Å². The van der Waals surface area contributed by atoms with E-state index in [2.05, 4.69) is 15.5 Å². The van der Waals surface area contributed by atoms with Crippen molar-refractivity contribution in [3.8, 4) is 11.4 Å². The number of rotatable bonds is 3. The highest BCUT2D eigenvalue weighted by atomic mass is 19.1. The van der Waals surface area contributed by atoms with Crippen LogP contribution in [0.3, 0.4) is 0 Å². The minimum atomic E-state index is -0.827. The highest BCUT2D eigenvalue weighted by molar-refractivity contribution is 5.89. The topological polar surface area (TPSA) is 71.3 Å². The second kappa shape index (κ2) is 7.98. The van der Waals surface area contributed by atoms with E-state index < -0.39 is 23.7 Å². The number of hydrogen-bond acceptors (Lipinski definition) is 4. The molecule has 1 aliphatic heterocycles. The average molecular weight is 398 g/mol. The first-order valence-electron chi connectivity index (χ1n) is 9.44. The summed E-state index contributed by atoms with van der Waals surface area (Å²) in [6.07, 6.45) is 2.38. The standard InChI is InChI=1S/C21H20F2N4O2/c1-13-5-4-6-14(11-13)19-25-20(29-26-19)18-7-2-3-10-27(18)21(28)24-17-9-8-15(22)12-16(17)23/h4-6,8-9,11-12,18H,2-3,7,10H2,1H3,(H,24,28). The van der Waals surface area contributed by atoms with Crippen LogP contribution in [0.5, 0.6) is 0 Å². The summed E-state index contributed by atoms with van der Waals surface area (Å²) in [4.78, 5) is 18.8. The molecule has 0 radical (unpaired) electrons. The molecule has 1 N–H and O–H groups in total. The zero-order valence-corrected chi connectivity index (χ0v) is 15.9. The van der Waals surface area contributed by atoms with E-state index in [4.69, 9.17) is 4.52 Å². The zero-order valence-electron chi connectivity index (χ0n) is 15.9. The van der Waals surface area contributed by atoms with Gasteiger partial charge in [-0.25, -0.2) is 13.6 Å². The van der Waals surface area contributed by atoms with Crippen molar-refractivity contribution < 1.29 is 18.1 Å². The number of nitrogens with one attached hydrogen (secondary N) is 1. The van der Waals surface area contributed by atoms with E-state index in [9.17, 15) is 13.6 Å². The number of aryl methyl sites for hydroxylation is 1. The molecule has 2 heterocycles. The van der Waals surface area contributed by atoms with Crippen LogP contribution < -0.4 is 5.32 Å². The first-order valence-corrected chi connectivity index (χ1v) is 9.44. The normalized spacial score (nSPS) is 16.7. The van der Waals surface area contributed by atoms with Gasteiger partial charge in [0.2, 0.25) is 11.7 Å². The minimum Gasteiger partial charge on any atom is -0.337 e. The van der Waals surface area contributed by atoms with E-state index in [0.717, 1.165) is 36.1 Å². The van der Waals surface area contributed by atoms with Crippen molar-refractivity contribution in [2.24, 2.45) is 0 Å². The molecule has 4 rings (SSSR count). The third-order valence-corrected chi connectivity index (χ3v) is 4.94. The van der Waals surface area contributed by atoms with Crippen LogP contribution in [0.1, 0.15) is 36.8 Å². The van der Waals surface area contributed by atoms with Crippen molar-refractivity contribution in [2.75, 3.05) is 11.9 Å². The number of nitrogens with zero attached hydrogens (tertiary/aromatic N) is 3. The molecule has 150 valence electrons. The molecular weight excluding hydrogens is 378 g/mol. The number of hydrogen-bond donors (Lipinski definition) is 1. The molecule has 2 amide bonds. The molecule has 1 unspecified atom stereocenters. The number of amides is 2. The number of piperidine rings is 1. The highest BCUT2D eigenvalue weighted by Crippen LogP contribution is 2.32. The zero-order chi connectivity index (χ0) is 20.4. The van der Waals surface area contributed by atoms with E-state index in [1.54, 1.807) is 4.90 Å². The average Bonchev–Trinajstić information content (AvgIpc) is 3.20. The number of anilines is 1. The Balaban J connectivity index is 1.55. The van der Waals surface area contributed by atoms with Crippen molar-refractivity contribution in [3.63, 3.8) is 0 Å². The van der Waals surface area contributed by atoms with Gasteiger partial charge in [-0.1, -0.05) is 28.9 Å². The van der Waals surface area contributed by atoms with E-state index in [-0.39, 0.29) is 5.69 Å². The minimum absolute atomic E-state index is 0.0771. The lowest BCUT2D eigenvalue weighted by Gasteiger charge is -2.33. The first-order chi connectivity index (χ1) is 14.0. The van der Waals surface area contributed by atoms with Gasteiger partial charge in [0.05, 0.1) is 5.69 Å². The van der Waals surface area contributed by atoms with Crippen molar-refractivity contribution in [3.05, 3.63) is 65.6 Å². The molecule has 0 bridgehead atoms. The van der Waals surface area contributed by atoms with Crippen LogP contribution >= 0.6 is 0 Å². The lowest BCUT2D eigenvalue weighted by Crippen LogP contribution is -2.41. The van der Waals surface area contributed by atoms with Crippen LogP contribution in [-0.4, -0.2) is 27.6 Å². The predicted octanol–water partition coefficient (Wildman–Crippen LogP) is 5.08. The largest absolute Gasteiger partial charge is 0.337 e. The number of aromatic nitrogens is 2. The maximum absolute atomic E-state index is 13.9. The van der Waals surface area contributed by atoms with Crippen LogP contribution in [0, 0.1) is 18.6 Å². The van der Waals surface area contributed by atoms with Crippen LogP contribution in [0.15, 0.2) is 47.0 Å². The van der Waals surface area contributed by atoms with Crippen LogP contribution in [0.2, 0.25) is 0 Å². The maximum Gasteiger partial charge on any atom is 0.322 e. The maximum atomic E-state index is 13.9. The number of urea groups is 1. The van der Waals surface area contributed by atoms with Crippen molar-refractivity contribution in [1.82, 2.24) is 15.0 Å². The van der Waals surface area contributed by atoms with Gasteiger partial charge in [-0.2, -0.15) is 4.98 Å². The molecule has 1 fully saturated rings. The fourth-order valence-corrected chi connectivity index (χ4v) is 3.48. The lowest BCUT2D eigenvalue weighted by molar-refractivity contribution is 0.142.